The molecule has 42 heavy (non-hydrogen) atoms. The third kappa shape index (κ3) is 4.66. The van der Waals surface area contributed by atoms with Gasteiger partial charge in [-0.3, -0.25) is 4.79 Å². The van der Waals surface area contributed by atoms with E-state index in [1.54, 1.807) is 6.92 Å². The number of rotatable bonds is 7. The van der Waals surface area contributed by atoms with Crippen LogP contribution in [0.25, 0.3) is 50.4 Å². The lowest BCUT2D eigenvalue weighted by atomic mass is 9.94. The zero-order valence-corrected chi connectivity index (χ0v) is 25.0. The van der Waals surface area contributed by atoms with Gasteiger partial charge in [0, 0.05) is 33.2 Å². The molecule has 0 fully saturated rings. The van der Waals surface area contributed by atoms with E-state index in [4.69, 9.17) is 9.97 Å². The van der Waals surface area contributed by atoms with Crippen molar-refractivity contribution in [1.82, 2.24) is 19.9 Å². The van der Waals surface area contributed by atoms with Crippen molar-refractivity contribution in [2.75, 3.05) is 0 Å². The Bertz CT molecular complexity index is 1920. The fourth-order valence-corrected chi connectivity index (χ4v) is 6.16. The molecule has 8 heteroatoms. The first kappa shape index (κ1) is 28.8. The molecule has 8 nitrogen and oxygen atoms in total. The molecule has 4 N–H and O–H groups in total. The van der Waals surface area contributed by atoms with Gasteiger partial charge in [0.1, 0.15) is 0 Å². The first-order valence-corrected chi connectivity index (χ1v) is 14.3. The van der Waals surface area contributed by atoms with Gasteiger partial charge in [-0.05, 0) is 92.1 Å². The zero-order valence-electron chi connectivity index (χ0n) is 25.0. The van der Waals surface area contributed by atoms with Crippen LogP contribution in [0.3, 0.4) is 0 Å². The Morgan fingerprint density at radius 1 is 0.833 bits per heavy atom. The number of aromatic amines is 2. The van der Waals surface area contributed by atoms with Gasteiger partial charge in [-0.15, -0.1) is 0 Å². The van der Waals surface area contributed by atoms with Crippen LogP contribution >= 0.6 is 0 Å². The summed E-state index contributed by atoms with van der Waals surface area (Å²) in [5, 5.41) is 20.3. The Morgan fingerprint density at radius 2 is 1.45 bits per heavy atom. The molecular formula is C34H36N4O4. The van der Waals surface area contributed by atoms with Crippen molar-refractivity contribution in [2.45, 2.75) is 67.2 Å². The maximum atomic E-state index is 12.7. The monoisotopic (exact) mass is 564 g/mol. The van der Waals surface area contributed by atoms with Crippen molar-refractivity contribution in [1.29, 1.82) is 0 Å². The number of carboxylic acid groups (broad SMARTS) is 2. The largest absolute Gasteiger partial charge is 0.481 e. The second-order valence-electron chi connectivity index (χ2n) is 10.9. The highest BCUT2D eigenvalue weighted by Gasteiger charge is 2.30. The summed E-state index contributed by atoms with van der Waals surface area (Å²) in [5.74, 6) is -2.23. The lowest BCUT2D eigenvalue weighted by Crippen LogP contribution is -2.09. The van der Waals surface area contributed by atoms with Crippen molar-refractivity contribution in [3.8, 4) is 0 Å². The number of nitrogens with one attached hydrogen (secondary N) is 2. The van der Waals surface area contributed by atoms with Crippen LogP contribution in [-0.4, -0.2) is 42.1 Å². The van der Waals surface area contributed by atoms with Gasteiger partial charge in [0.25, 0.3) is 0 Å². The number of hydrogen-bond donors (Lipinski definition) is 4. The SMILES string of the molecule is C=Cc1c(C)c2cc3nc(c(CC(=O)O)c4nc(cc5[nH]c(cc1[nH]2)c(C)c5CC)C(C)=C4C(=O)O)C(CCC)=C3C. The van der Waals surface area contributed by atoms with Gasteiger partial charge in [0.2, 0.25) is 0 Å². The summed E-state index contributed by atoms with van der Waals surface area (Å²) in [6, 6.07) is 5.93. The second kappa shape index (κ2) is 10.9. The molecule has 8 bridgehead atoms. The molecule has 0 saturated heterocycles. The van der Waals surface area contributed by atoms with E-state index in [2.05, 4.69) is 43.4 Å². The van der Waals surface area contributed by atoms with Crippen LogP contribution < -0.4 is 0 Å². The molecule has 216 valence electrons. The molecule has 3 aromatic rings. The topological polar surface area (TPSA) is 132 Å². The van der Waals surface area contributed by atoms with Gasteiger partial charge in [-0.1, -0.05) is 32.9 Å². The molecule has 3 aromatic heterocycles. The van der Waals surface area contributed by atoms with Crippen molar-refractivity contribution in [3.63, 3.8) is 0 Å². The molecule has 0 amide bonds. The molecule has 0 aromatic carbocycles. The molecule has 0 spiro atoms. The smallest absolute Gasteiger partial charge is 0.338 e. The predicted molar refractivity (Wildman–Crippen MR) is 169 cm³/mol. The van der Waals surface area contributed by atoms with Crippen molar-refractivity contribution in [3.05, 3.63) is 75.4 Å². The average Bonchev–Trinajstić information content (AvgIpc) is 3.61. The summed E-state index contributed by atoms with van der Waals surface area (Å²) in [5.41, 5.74) is 12.2. The van der Waals surface area contributed by atoms with Gasteiger partial charge in [0.05, 0.1) is 34.8 Å². The highest BCUT2D eigenvalue weighted by Crippen LogP contribution is 2.40. The van der Waals surface area contributed by atoms with E-state index in [-0.39, 0.29) is 11.3 Å². The summed E-state index contributed by atoms with van der Waals surface area (Å²) in [7, 11) is 0. The van der Waals surface area contributed by atoms with Gasteiger partial charge in [-0.2, -0.15) is 0 Å². The molecule has 5 heterocycles. The number of H-pyrrole nitrogens is 2. The quantitative estimate of drug-likeness (QED) is 0.235. The standard InChI is InChI=1S/C34H36N4O4/c1-8-11-22-18(6)26-13-24-16(4)20(9-2)28(35-24)14-25-17(5)21(10-3)29(36-25)15-27-19(7)31(34(41)42)33(38-27)23(12-30(39)40)32(22)37-26/h9,13-15,35-36H,2,8,10-12H2,1,3-7H3,(H,39,40)(H,41,42). The maximum Gasteiger partial charge on any atom is 0.338 e. The minimum Gasteiger partial charge on any atom is -0.481 e. The van der Waals surface area contributed by atoms with E-state index < -0.39 is 18.4 Å². The van der Waals surface area contributed by atoms with E-state index in [0.29, 0.717) is 34.6 Å². The van der Waals surface area contributed by atoms with Crippen LogP contribution in [0.15, 0.2) is 24.8 Å². The number of aromatic nitrogens is 4. The fourth-order valence-electron chi connectivity index (χ4n) is 6.16. The normalized spacial score (nSPS) is 13.2. The Labute approximate surface area is 244 Å². The molecule has 2 aliphatic heterocycles. The van der Waals surface area contributed by atoms with E-state index in [1.165, 1.54) is 0 Å². The summed E-state index contributed by atoms with van der Waals surface area (Å²) in [6.07, 6.45) is 3.67. The van der Waals surface area contributed by atoms with Crippen molar-refractivity contribution in [2.24, 2.45) is 0 Å². The highest BCUT2D eigenvalue weighted by atomic mass is 16.4. The number of nitrogens with zero attached hydrogens (tertiary/aromatic N) is 2. The summed E-state index contributed by atoms with van der Waals surface area (Å²) in [6.45, 7) is 16.0. The van der Waals surface area contributed by atoms with Crippen LogP contribution in [0.2, 0.25) is 0 Å². The van der Waals surface area contributed by atoms with Crippen LogP contribution in [0, 0.1) is 13.8 Å². The first-order chi connectivity index (χ1) is 20.0. The van der Waals surface area contributed by atoms with E-state index in [9.17, 15) is 19.8 Å². The van der Waals surface area contributed by atoms with E-state index in [1.807, 2.05) is 32.1 Å². The predicted octanol–water partition coefficient (Wildman–Crippen LogP) is 7.51. The van der Waals surface area contributed by atoms with Crippen molar-refractivity contribution < 1.29 is 19.8 Å². The first-order valence-electron chi connectivity index (χ1n) is 14.3. The van der Waals surface area contributed by atoms with Gasteiger partial charge in [0.15, 0.2) is 0 Å². The molecule has 0 atom stereocenters. The summed E-state index contributed by atoms with van der Waals surface area (Å²) in [4.78, 5) is 41.8. The van der Waals surface area contributed by atoms with Gasteiger partial charge >= 0.3 is 11.9 Å². The van der Waals surface area contributed by atoms with Crippen LogP contribution in [0.4, 0.5) is 0 Å². The number of carbonyl (C=O) groups is 2. The molecule has 2 aliphatic rings. The molecule has 0 aliphatic carbocycles. The zero-order chi connectivity index (χ0) is 30.5. The summed E-state index contributed by atoms with van der Waals surface area (Å²) < 4.78 is 0. The molecule has 0 unspecified atom stereocenters. The van der Waals surface area contributed by atoms with Gasteiger partial charge < -0.3 is 20.2 Å². The number of hydrogen-bond acceptors (Lipinski definition) is 4. The Hall–Kier alpha value is -4.72. The lowest BCUT2D eigenvalue weighted by Gasteiger charge is -2.09. The number of fused-ring (bicyclic) bond motifs is 8. The second-order valence-corrected chi connectivity index (χ2v) is 10.9. The molecular weight excluding hydrogens is 528 g/mol. The van der Waals surface area contributed by atoms with E-state index in [0.717, 1.165) is 68.3 Å². The number of aryl methyl sites for hydroxylation is 3. The average molecular weight is 565 g/mol. The third-order valence-electron chi connectivity index (χ3n) is 8.42. The Balaban J connectivity index is 2.09. The third-order valence-corrected chi connectivity index (χ3v) is 8.42. The highest BCUT2D eigenvalue weighted by molar-refractivity contribution is 6.24. The molecule has 0 saturated carbocycles. The number of allylic oxidation sites excluding steroid dienone is 3. The number of aliphatic carboxylic acids is 2. The number of carboxylic acids is 2. The minimum atomic E-state index is -1.15. The van der Waals surface area contributed by atoms with Crippen LogP contribution in [0.5, 0.6) is 0 Å². The summed E-state index contributed by atoms with van der Waals surface area (Å²) >= 11 is 0. The van der Waals surface area contributed by atoms with Crippen molar-refractivity contribution >= 4 is 62.4 Å². The lowest BCUT2D eigenvalue weighted by molar-refractivity contribution is -0.136. The Kier molecular flexibility index (Phi) is 7.49. The minimum absolute atomic E-state index is 0.00335. The van der Waals surface area contributed by atoms with Gasteiger partial charge in [-0.25, -0.2) is 14.8 Å². The van der Waals surface area contributed by atoms with Crippen LogP contribution in [-0.2, 0) is 22.4 Å². The molecule has 5 rings (SSSR count). The Morgan fingerprint density at radius 3 is 2.07 bits per heavy atom. The van der Waals surface area contributed by atoms with E-state index >= 15 is 0 Å². The van der Waals surface area contributed by atoms with Crippen LogP contribution in [0.1, 0.15) is 91.1 Å². The molecule has 0 radical (unpaired) electrons. The maximum absolute atomic E-state index is 12.7. The fraction of sp³-hybridized carbons (Fsp3) is 0.294.